The van der Waals surface area contributed by atoms with Gasteiger partial charge in [-0.25, -0.2) is 23.4 Å². The minimum Gasteiger partial charge on any atom is -0.477 e. The number of aromatic nitrogens is 5. The van der Waals surface area contributed by atoms with Crippen LogP contribution in [0.2, 0.25) is 0 Å². The van der Waals surface area contributed by atoms with Gasteiger partial charge in [0.2, 0.25) is 27.8 Å². The van der Waals surface area contributed by atoms with Crippen LogP contribution in [0.15, 0.2) is 43.0 Å². The molecule has 2 unspecified atom stereocenters. The third kappa shape index (κ3) is 5.20. The van der Waals surface area contributed by atoms with E-state index in [9.17, 15) is 13.2 Å². The van der Waals surface area contributed by atoms with Crippen molar-refractivity contribution in [1.29, 1.82) is 0 Å². The molecule has 0 aromatic carbocycles. The molecule has 13 heteroatoms. The Kier molecular flexibility index (Phi) is 6.89. The van der Waals surface area contributed by atoms with Crippen LogP contribution in [0.1, 0.15) is 30.7 Å². The van der Waals surface area contributed by atoms with Crippen LogP contribution in [0.25, 0.3) is 11.3 Å². The summed E-state index contributed by atoms with van der Waals surface area (Å²) in [6.45, 7) is 3.29. The lowest BCUT2D eigenvalue weighted by Crippen LogP contribution is -2.54. The summed E-state index contributed by atoms with van der Waals surface area (Å²) in [5, 5.41) is 3.29. The van der Waals surface area contributed by atoms with E-state index in [1.165, 1.54) is 6.20 Å². The Morgan fingerprint density at radius 1 is 1.23 bits per heavy atom. The molecule has 1 aliphatic rings. The molecule has 1 amide bonds. The highest BCUT2D eigenvalue weighted by Gasteiger charge is 2.50. The Labute approximate surface area is 202 Å². The minimum absolute atomic E-state index is 0.126. The van der Waals surface area contributed by atoms with Gasteiger partial charge in [0.1, 0.15) is 5.41 Å². The molecule has 184 valence electrons. The normalized spacial score (nSPS) is 20.2. The predicted molar refractivity (Wildman–Crippen MR) is 128 cm³/mol. The molecule has 0 bridgehead atoms. The molecule has 1 saturated heterocycles. The fourth-order valence-electron chi connectivity index (χ4n) is 4.25. The molecule has 4 rings (SSSR count). The number of primary amides is 1. The van der Waals surface area contributed by atoms with Gasteiger partial charge >= 0.3 is 0 Å². The van der Waals surface area contributed by atoms with Crippen molar-refractivity contribution in [1.82, 2.24) is 30.2 Å². The molecule has 4 N–H and O–H groups in total. The van der Waals surface area contributed by atoms with Crippen LogP contribution in [-0.4, -0.2) is 65.2 Å². The Morgan fingerprint density at radius 2 is 2.06 bits per heavy atom. The molecule has 0 spiro atoms. The monoisotopic (exact) mass is 498 g/mol. The van der Waals surface area contributed by atoms with Crippen molar-refractivity contribution in [3.05, 3.63) is 54.4 Å². The highest BCUT2D eigenvalue weighted by Crippen LogP contribution is 2.42. The first-order valence-corrected chi connectivity index (χ1v) is 12.8. The second kappa shape index (κ2) is 9.88. The second-order valence-electron chi connectivity index (χ2n) is 8.13. The zero-order chi connectivity index (χ0) is 25.1. The number of carbonyl (C=O) groups excluding carboxylic acids is 1. The third-order valence-electron chi connectivity index (χ3n) is 5.81. The summed E-state index contributed by atoms with van der Waals surface area (Å²) in [6, 6.07) is 5.25. The molecular formula is C22H26N8O4S. The molecule has 2 atom stereocenters. The van der Waals surface area contributed by atoms with Gasteiger partial charge in [-0.1, -0.05) is 0 Å². The average Bonchev–Trinajstić information content (AvgIpc) is 2.83. The lowest BCUT2D eigenvalue weighted by molar-refractivity contribution is -0.125. The number of hydrogen-bond donors (Lipinski definition) is 3. The van der Waals surface area contributed by atoms with Crippen LogP contribution in [0, 0.1) is 0 Å². The van der Waals surface area contributed by atoms with E-state index in [1.807, 2.05) is 19.1 Å². The minimum atomic E-state index is -3.60. The Balaban J connectivity index is 1.72. The summed E-state index contributed by atoms with van der Waals surface area (Å²) in [7, 11) is -3.60. The van der Waals surface area contributed by atoms with Crippen LogP contribution in [0.5, 0.6) is 5.88 Å². The van der Waals surface area contributed by atoms with E-state index in [-0.39, 0.29) is 5.95 Å². The first-order valence-electron chi connectivity index (χ1n) is 11.0. The summed E-state index contributed by atoms with van der Waals surface area (Å²) in [5.41, 5.74) is 7.06. The number of amides is 1. The number of piperidine rings is 1. The summed E-state index contributed by atoms with van der Waals surface area (Å²) < 4.78 is 31.0. The molecule has 3 aromatic heterocycles. The molecule has 1 fully saturated rings. The largest absolute Gasteiger partial charge is 0.477 e. The van der Waals surface area contributed by atoms with Gasteiger partial charge in [0.15, 0.2) is 0 Å². The highest BCUT2D eigenvalue weighted by atomic mass is 32.2. The number of nitrogens with two attached hydrogens (primary N) is 1. The maximum absolute atomic E-state index is 13.0. The summed E-state index contributed by atoms with van der Waals surface area (Å²) >= 11 is 0. The van der Waals surface area contributed by atoms with Crippen molar-refractivity contribution in [3.63, 3.8) is 0 Å². The molecule has 0 radical (unpaired) electrons. The van der Waals surface area contributed by atoms with Gasteiger partial charge in [0.25, 0.3) is 0 Å². The number of nitrogens with zero attached hydrogens (tertiary/aromatic N) is 5. The fourth-order valence-corrected chi connectivity index (χ4v) is 4.68. The Hall–Kier alpha value is -3.71. The number of pyridine rings is 1. The van der Waals surface area contributed by atoms with Crippen LogP contribution >= 0.6 is 0 Å². The van der Waals surface area contributed by atoms with E-state index in [4.69, 9.17) is 10.5 Å². The van der Waals surface area contributed by atoms with Crippen molar-refractivity contribution in [2.24, 2.45) is 5.73 Å². The number of carbonyl (C=O) groups is 1. The van der Waals surface area contributed by atoms with Gasteiger partial charge in [-0.2, -0.15) is 0 Å². The van der Waals surface area contributed by atoms with Crippen molar-refractivity contribution >= 4 is 21.9 Å². The molecule has 3 aromatic rings. The van der Waals surface area contributed by atoms with E-state index in [1.54, 1.807) is 24.7 Å². The lowest BCUT2D eigenvalue weighted by Gasteiger charge is -2.41. The average molecular weight is 499 g/mol. The Morgan fingerprint density at radius 3 is 2.74 bits per heavy atom. The summed E-state index contributed by atoms with van der Waals surface area (Å²) in [6.07, 6.45) is 7.57. The van der Waals surface area contributed by atoms with E-state index in [0.717, 1.165) is 11.8 Å². The standard InChI is InChI=1S/C22H26N8O4S/c1-3-34-19-13-25-12-17(28-19)14-4-5-16(27-10-14)15-11-24-9-7-22(15,20(23)31)18-6-8-26-21(29-18)30-35(2,32)33/h4-6,8,10,12-13,15,24H,3,7,9,11H2,1-2H3,(H2,23,31)(H,26,29,30). The molecule has 35 heavy (non-hydrogen) atoms. The molecule has 12 nitrogen and oxygen atoms in total. The highest BCUT2D eigenvalue weighted by molar-refractivity contribution is 7.91. The zero-order valence-corrected chi connectivity index (χ0v) is 20.1. The lowest BCUT2D eigenvalue weighted by atomic mass is 9.66. The van der Waals surface area contributed by atoms with Gasteiger partial charge in [-0.15, -0.1) is 0 Å². The van der Waals surface area contributed by atoms with Gasteiger partial charge < -0.3 is 15.8 Å². The maximum Gasteiger partial charge on any atom is 0.236 e. The van der Waals surface area contributed by atoms with E-state index in [0.29, 0.717) is 49.1 Å². The van der Waals surface area contributed by atoms with Crippen LogP contribution in [0.3, 0.4) is 0 Å². The van der Waals surface area contributed by atoms with Crippen molar-refractivity contribution in [3.8, 4) is 17.1 Å². The zero-order valence-electron chi connectivity index (χ0n) is 19.3. The topological polar surface area (TPSA) is 175 Å². The number of anilines is 1. The second-order valence-corrected chi connectivity index (χ2v) is 9.88. The third-order valence-corrected chi connectivity index (χ3v) is 6.37. The SMILES string of the molecule is CCOc1cncc(-c2ccc(C3CNCCC3(C(N)=O)c3ccnc(NS(C)(=O)=O)n3)nc2)n1. The Bertz CT molecular complexity index is 1320. The number of rotatable bonds is 8. The van der Waals surface area contributed by atoms with Gasteiger partial charge in [-0.3, -0.25) is 19.5 Å². The smallest absolute Gasteiger partial charge is 0.236 e. The molecule has 1 aliphatic heterocycles. The van der Waals surface area contributed by atoms with E-state index < -0.39 is 27.3 Å². The van der Waals surface area contributed by atoms with Gasteiger partial charge in [0.05, 0.1) is 36.6 Å². The van der Waals surface area contributed by atoms with Gasteiger partial charge in [-0.05, 0) is 38.1 Å². The number of hydrogen-bond acceptors (Lipinski definition) is 10. The molecule has 0 aliphatic carbocycles. The van der Waals surface area contributed by atoms with Gasteiger partial charge in [0, 0.05) is 36.1 Å². The number of sulfonamides is 1. The van der Waals surface area contributed by atoms with Crippen LogP contribution in [0.4, 0.5) is 5.95 Å². The molecule has 0 saturated carbocycles. The molecular weight excluding hydrogens is 472 g/mol. The van der Waals surface area contributed by atoms with Crippen molar-refractivity contribution in [2.45, 2.75) is 24.7 Å². The van der Waals surface area contributed by atoms with Crippen LogP contribution in [-0.2, 0) is 20.2 Å². The van der Waals surface area contributed by atoms with E-state index >= 15 is 0 Å². The maximum atomic E-state index is 13.0. The summed E-state index contributed by atoms with van der Waals surface area (Å²) in [5.74, 6) is -0.738. The van der Waals surface area contributed by atoms with Crippen molar-refractivity contribution < 1.29 is 17.9 Å². The van der Waals surface area contributed by atoms with E-state index in [2.05, 4.69) is 35.0 Å². The fraction of sp³-hybridized carbons (Fsp3) is 0.364. The number of nitrogens with one attached hydrogen (secondary N) is 2. The first kappa shape index (κ1) is 24.4. The summed E-state index contributed by atoms with van der Waals surface area (Å²) in [4.78, 5) is 34.5. The predicted octanol–water partition coefficient (Wildman–Crippen LogP) is 0.599. The molecule has 4 heterocycles. The van der Waals surface area contributed by atoms with Crippen LogP contribution < -0.4 is 20.5 Å². The quantitative estimate of drug-likeness (QED) is 0.399. The van der Waals surface area contributed by atoms with Crippen molar-refractivity contribution in [2.75, 3.05) is 30.7 Å². The first-order chi connectivity index (χ1) is 16.7. The number of ether oxygens (including phenoxy) is 1.